The minimum Gasteiger partial charge on any atom is -0.396 e. The number of aliphatic hydroxyl groups excluding tert-OH is 1. The van der Waals surface area contributed by atoms with Crippen LogP contribution in [0.4, 0.5) is 0 Å². The highest BCUT2D eigenvalue weighted by Gasteiger charge is 2.10. The molecule has 1 N–H and O–H groups in total. The third-order valence-corrected chi connectivity index (χ3v) is 2.45. The second-order valence-electron chi connectivity index (χ2n) is 3.66. The molecule has 2 heteroatoms. The molecule has 14 heavy (non-hydrogen) atoms. The molecular weight excluding hydrogens is 176 g/mol. The molecule has 0 saturated carbocycles. The van der Waals surface area contributed by atoms with E-state index in [0.717, 1.165) is 0 Å². The Morgan fingerprint density at radius 2 is 1.86 bits per heavy atom. The first-order chi connectivity index (χ1) is 6.74. The Morgan fingerprint density at radius 3 is 2.43 bits per heavy atom. The van der Waals surface area contributed by atoms with Crippen LogP contribution >= 0.6 is 0 Å². The van der Waals surface area contributed by atoms with Crippen molar-refractivity contribution in [3.63, 3.8) is 0 Å². The van der Waals surface area contributed by atoms with E-state index in [-0.39, 0.29) is 18.6 Å². The standard InChI is InChI=1S/C12H18O2/c1-10(8-13)11(2)14-9-12-6-4-3-5-7-12/h3-7,10-11,13H,8-9H2,1-2H3/t10-,11-/m0/s1. The monoisotopic (exact) mass is 194 g/mol. The highest BCUT2D eigenvalue weighted by Crippen LogP contribution is 2.09. The molecule has 0 spiro atoms. The number of hydrogen-bond acceptors (Lipinski definition) is 2. The maximum absolute atomic E-state index is 8.92. The Morgan fingerprint density at radius 1 is 1.21 bits per heavy atom. The molecule has 0 bridgehead atoms. The van der Waals surface area contributed by atoms with Gasteiger partial charge in [0.1, 0.15) is 0 Å². The molecule has 1 rings (SSSR count). The van der Waals surface area contributed by atoms with Gasteiger partial charge in [0.2, 0.25) is 0 Å². The molecule has 0 aliphatic carbocycles. The average molecular weight is 194 g/mol. The van der Waals surface area contributed by atoms with Gasteiger partial charge in [-0.15, -0.1) is 0 Å². The third kappa shape index (κ3) is 3.48. The second kappa shape index (κ2) is 5.78. The lowest BCUT2D eigenvalue weighted by molar-refractivity contribution is 0.00153. The van der Waals surface area contributed by atoms with Crippen molar-refractivity contribution < 1.29 is 9.84 Å². The zero-order valence-electron chi connectivity index (χ0n) is 8.81. The van der Waals surface area contributed by atoms with Crippen molar-refractivity contribution in [3.8, 4) is 0 Å². The van der Waals surface area contributed by atoms with Gasteiger partial charge in [0.25, 0.3) is 0 Å². The maximum atomic E-state index is 8.92. The van der Waals surface area contributed by atoms with Crippen LogP contribution in [0.25, 0.3) is 0 Å². The van der Waals surface area contributed by atoms with E-state index < -0.39 is 0 Å². The molecule has 0 aromatic heterocycles. The summed E-state index contributed by atoms with van der Waals surface area (Å²) >= 11 is 0. The van der Waals surface area contributed by atoms with E-state index in [1.165, 1.54) is 5.56 Å². The number of rotatable bonds is 5. The van der Waals surface area contributed by atoms with E-state index in [1.54, 1.807) is 0 Å². The Bertz CT molecular complexity index is 246. The molecule has 1 aromatic rings. The Hall–Kier alpha value is -0.860. The zero-order chi connectivity index (χ0) is 10.4. The summed E-state index contributed by atoms with van der Waals surface area (Å²) in [5.41, 5.74) is 1.17. The summed E-state index contributed by atoms with van der Waals surface area (Å²) in [4.78, 5) is 0. The summed E-state index contributed by atoms with van der Waals surface area (Å²) in [7, 11) is 0. The van der Waals surface area contributed by atoms with E-state index in [4.69, 9.17) is 9.84 Å². The summed E-state index contributed by atoms with van der Waals surface area (Å²) in [6, 6.07) is 10.1. The van der Waals surface area contributed by atoms with Gasteiger partial charge in [0.15, 0.2) is 0 Å². The zero-order valence-corrected chi connectivity index (χ0v) is 8.81. The van der Waals surface area contributed by atoms with Crippen LogP contribution in [-0.2, 0) is 11.3 Å². The highest BCUT2D eigenvalue weighted by molar-refractivity contribution is 5.13. The van der Waals surface area contributed by atoms with Gasteiger partial charge in [0, 0.05) is 12.5 Å². The van der Waals surface area contributed by atoms with Crippen LogP contribution < -0.4 is 0 Å². The van der Waals surface area contributed by atoms with E-state index in [9.17, 15) is 0 Å². The molecule has 78 valence electrons. The minimum absolute atomic E-state index is 0.0974. The fraction of sp³-hybridized carbons (Fsp3) is 0.500. The summed E-state index contributed by atoms with van der Waals surface area (Å²) in [5.74, 6) is 0.193. The van der Waals surface area contributed by atoms with Crippen molar-refractivity contribution in [1.82, 2.24) is 0 Å². The number of benzene rings is 1. The van der Waals surface area contributed by atoms with E-state index >= 15 is 0 Å². The van der Waals surface area contributed by atoms with Crippen molar-refractivity contribution in [2.24, 2.45) is 5.92 Å². The predicted octanol–water partition coefficient (Wildman–Crippen LogP) is 2.22. The van der Waals surface area contributed by atoms with Gasteiger partial charge in [-0.25, -0.2) is 0 Å². The first-order valence-electron chi connectivity index (χ1n) is 5.00. The van der Waals surface area contributed by atoms with Crippen LogP contribution in [-0.4, -0.2) is 17.8 Å². The van der Waals surface area contributed by atoms with Gasteiger partial charge in [0.05, 0.1) is 12.7 Å². The van der Waals surface area contributed by atoms with Crippen LogP contribution in [0.5, 0.6) is 0 Å². The second-order valence-corrected chi connectivity index (χ2v) is 3.66. The summed E-state index contributed by atoms with van der Waals surface area (Å²) < 4.78 is 5.62. The molecule has 1 aromatic carbocycles. The van der Waals surface area contributed by atoms with Crippen molar-refractivity contribution in [1.29, 1.82) is 0 Å². The Balaban J connectivity index is 2.34. The van der Waals surface area contributed by atoms with Crippen LogP contribution in [0.15, 0.2) is 30.3 Å². The molecule has 2 nitrogen and oxygen atoms in total. The molecule has 0 saturated heterocycles. The van der Waals surface area contributed by atoms with Crippen LogP contribution in [0.3, 0.4) is 0 Å². The van der Waals surface area contributed by atoms with Gasteiger partial charge in [-0.2, -0.15) is 0 Å². The third-order valence-electron chi connectivity index (χ3n) is 2.45. The van der Waals surface area contributed by atoms with Gasteiger partial charge in [-0.1, -0.05) is 37.3 Å². The van der Waals surface area contributed by atoms with Gasteiger partial charge in [-0.05, 0) is 12.5 Å². The van der Waals surface area contributed by atoms with Gasteiger partial charge in [-0.3, -0.25) is 0 Å². The number of ether oxygens (including phenoxy) is 1. The molecule has 0 amide bonds. The summed E-state index contributed by atoms with van der Waals surface area (Å²) in [5, 5.41) is 8.92. The normalized spacial score (nSPS) is 15.1. The quantitative estimate of drug-likeness (QED) is 0.778. The van der Waals surface area contributed by atoms with Crippen molar-refractivity contribution >= 4 is 0 Å². The first kappa shape index (κ1) is 11.2. The Labute approximate surface area is 85.5 Å². The fourth-order valence-electron chi connectivity index (χ4n) is 1.11. The summed E-state index contributed by atoms with van der Waals surface area (Å²) in [6.45, 7) is 4.77. The van der Waals surface area contributed by atoms with Crippen molar-refractivity contribution in [3.05, 3.63) is 35.9 Å². The molecule has 2 atom stereocenters. The lowest BCUT2D eigenvalue weighted by Gasteiger charge is -2.18. The maximum Gasteiger partial charge on any atom is 0.0720 e. The summed E-state index contributed by atoms with van der Waals surface area (Å²) in [6.07, 6.45) is 0.0974. The lowest BCUT2D eigenvalue weighted by Crippen LogP contribution is -2.20. The molecule has 0 heterocycles. The number of aliphatic hydroxyl groups is 1. The largest absolute Gasteiger partial charge is 0.396 e. The van der Waals surface area contributed by atoms with Crippen LogP contribution in [0, 0.1) is 5.92 Å². The smallest absolute Gasteiger partial charge is 0.0720 e. The topological polar surface area (TPSA) is 29.5 Å². The van der Waals surface area contributed by atoms with E-state index in [2.05, 4.69) is 0 Å². The van der Waals surface area contributed by atoms with E-state index in [1.807, 2.05) is 44.2 Å². The van der Waals surface area contributed by atoms with Gasteiger partial charge < -0.3 is 9.84 Å². The first-order valence-corrected chi connectivity index (χ1v) is 5.00. The fourth-order valence-corrected chi connectivity index (χ4v) is 1.11. The lowest BCUT2D eigenvalue weighted by atomic mass is 10.1. The van der Waals surface area contributed by atoms with Crippen molar-refractivity contribution in [2.75, 3.05) is 6.61 Å². The van der Waals surface area contributed by atoms with E-state index in [0.29, 0.717) is 6.61 Å². The van der Waals surface area contributed by atoms with Crippen LogP contribution in [0.1, 0.15) is 19.4 Å². The number of hydrogen-bond donors (Lipinski definition) is 1. The predicted molar refractivity (Wildman–Crippen MR) is 56.9 cm³/mol. The molecule has 0 aliphatic heterocycles. The van der Waals surface area contributed by atoms with Crippen LogP contribution in [0.2, 0.25) is 0 Å². The molecular formula is C12H18O2. The average Bonchev–Trinajstić information content (AvgIpc) is 2.26. The Kier molecular flexibility index (Phi) is 4.63. The molecule has 0 aliphatic rings. The highest BCUT2D eigenvalue weighted by atomic mass is 16.5. The van der Waals surface area contributed by atoms with Gasteiger partial charge >= 0.3 is 0 Å². The minimum atomic E-state index is 0.0974. The van der Waals surface area contributed by atoms with Crippen molar-refractivity contribution in [2.45, 2.75) is 26.6 Å². The molecule has 0 fully saturated rings. The molecule has 0 unspecified atom stereocenters. The molecule has 0 radical (unpaired) electrons. The SMILES string of the molecule is C[C@H](OCc1ccccc1)[C@@H](C)CO.